The zero-order valence-electron chi connectivity index (χ0n) is 16.3. The smallest absolute Gasteiger partial charge is 0.286 e. The Morgan fingerprint density at radius 2 is 1.86 bits per heavy atom. The number of rotatable bonds is 8. The van der Waals surface area contributed by atoms with Gasteiger partial charge in [0.1, 0.15) is 10.8 Å². The maximum absolute atomic E-state index is 12.6. The van der Waals surface area contributed by atoms with Crippen molar-refractivity contribution in [2.75, 3.05) is 11.9 Å². The summed E-state index contributed by atoms with van der Waals surface area (Å²) < 4.78 is 5.58. The molecule has 0 unspecified atom stereocenters. The molecule has 0 aliphatic carbocycles. The predicted molar refractivity (Wildman–Crippen MR) is 112 cm³/mol. The summed E-state index contributed by atoms with van der Waals surface area (Å²) in [5.74, 6) is 0.168. The number of anilines is 1. The molecule has 0 bridgehead atoms. The number of amides is 2. The monoisotopic (exact) mass is 410 g/mol. The van der Waals surface area contributed by atoms with E-state index in [2.05, 4.69) is 20.8 Å². The Kier molecular flexibility index (Phi) is 6.91. The van der Waals surface area contributed by atoms with E-state index in [-0.39, 0.29) is 11.8 Å². The van der Waals surface area contributed by atoms with Crippen LogP contribution >= 0.6 is 11.3 Å². The highest BCUT2D eigenvalue weighted by atomic mass is 32.1. The number of aromatic nitrogens is 2. The molecule has 0 aliphatic heterocycles. The number of benzene rings is 2. The van der Waals surface area contributed by atoms with E-state index in [1.807, 2.05) is 38.1 Å². The van der Waals surface area contributed by atoms with Crippen LogP contribution in [0.2, 0.25) is 0 Å². The van der Waals surface area contributed by atoms with Crippen molar-refractivity contribution < 1.29 is 14.3 Å². The van der Waals surface area contributed by atoms with Crippen molar-refractivity contribution >= 4 is 28.8 Å². The minimum atomic E-state index is -0.342. The summed E-state index contributed by atoms with van der Waals surface area (Å²) in [5, 5.41) is 14.6. The second kappa shape index (κ2) is 9.79. The van der Waals surface area contributed by atoms with Gasteiger partial charge >= 0.3 is 0 Å². The summed E-state index contributed by atoms with van der Waals surface area (Å²) in [4.78, 5) is 24.9. The van der Waals surface area contributed by atoms with E-state index in [4.69, 9.17) is 4.74 Å². The molecule has 2 aromatic carbocycles. The van der Waals surface area contributed by atoms with Gasteiger partial charge in [0.15, 0.2) is 0 Å². The van der Waals surface area contributed by atoms with E-state index in [0.29, 0.717) is 29.4 Å². The standard InChI is InChI=1S/C21H22N4O3S/c1-3-18-24-25-21(29-18)20(27)23-16-10-7-9-14(12-16)19(26)22-13-15-8-5-6-11-17(15)28-4-2/h5-12H,3-4,13H2,1-2H3,(H,22,26)(H,23,27). The molecule has 2 N–H and O–H groups in total. The molecular formula is C21H22N4O3S. The highest BCUT2D eigenvalue weighted by Crippen LogP contribution is 2.18. The average molecular weight is 410 g/mol. The van der Waals surface area contributed by atoms with Crippen LogP contribution in [0.5, 0.6) is 5.75 Å². The van der Waals surface area contributed by atoms with E-state index < -0.39 is 0 Å². The number of carbonyl (C=O) groups excluding carboxylic acids is 2. The van der Waals surface area contributed by atoms with Crippen LogP contribution in [-0.2, 0) is 13.0 Å². The molecule has 0 radical (unpaired) electrons. The van der Waals surface area contributed by atoms with Gasteiger partial charge in [0.25, 0.3) is 11.8 Å². The Hall–Kier alpha value is -3.26. The Morgan fingerprint density at radius 3 is 2.62 bits per heavy atom. The molecule has 2 amide bonds. The number of para-hydroxylation sites is 1. The van der Waals surface area contributed by atoms with E-state index in [0.717, 1.165) is 22.7 Å². The Balaban J connectivity index is 1.64. The normalized spacial score (nSPS) is 10.4. The molecule has 150 valence electrons. The van der Waals surface area contributed by atoms with Crippen LogP contribution in [0.1, 0.15) is 44.6 Å². The first kappa shape index (κ1) is 20.5. The fraction of sp³-hybridized carbons (Fsp3) is 0.238. The van der Waals surface area contributed by atoms with Gasteiger partial charge < -0.3 is 15.4 Å². The van der Waals surface area contributed by atoms with Crippen LogP contribution in [-0.4, -0.2) is 28.6 Å². The van der Waals surface area contributed by atoms with Gasteiger partial charge in [0.05, 0.1) is 6.61 Å². The quantitative estimate of drug-likeness (QED) is 0.591. The third kappa shape index (κ3) is 5.39. The SMILES string of the molecule is CCOc1ccccc1CNC(=O)c1cccc(NC(=O)c2nnc(CC)s2)c1. The van der Waals surface area contributed by atoms with Crippen molar-refractivity contribution in [2.45, 2.75) is 26.8 Å². The molecule has 3 aromatic rings. The van der Waals surface area contributed by atoms with Crippen LogP contribution in [0.3, 0.4) is 0 Å². The van der Waals surface area contributed by atoms with Crippen molar-refractivity contribution in [2.24, 2.45) is 0 Å². The predicted octanol–water partition coefficient (Wildman–Crippen LogP) is 3.68. The summed E-state index contributed by atoms with van der Waals surface area (Å²) >= 11 is 1.26. The molecule has 8 heteroatoms. The molecule has 0 spiro atoms. The lowest BCUT2D eigenvalue weighted by Gasteiger charge is -2.11. The Morgan fingerprint density at radius 1 is 1.03 bits per heavy atom. The zero-order valence-corrected chi connectivity index (χ0v) is 17.1. The van der Waals surface area contributed by atoms with Gasteiger partial charge in [0.2, 0.25) is 5.01 Å². The highest BCUT2D eigenvalue weighted by molar-refractivity contribution is 7.13. The van der Waals surface area contributed by atoms with Crippen molar-refractivity contribution in [1.29, 1.82) is 0 Å². The molecule has 0 aliphatic rings. The van der Waals surface area contributed by atoms with Crippen LogP contribution in [0, 0.1) is 0 Å². The van der Waals surface area contributed by atoms with Gasteiger partial charge in [-0.15, -0.1) is 10.2 Å². The van der Waals surface area contributed by atoms with Gasteiger partial charge in [-0.3, -0.25) is 9.59 Å². The summed E-state index contributed by atoms with van der Waals surface area (Å²) in [6.45, 7) is 4.77. The van der Waals surface area contributed by atoms with Crippen molar-refractivity contribution in [3.63, 3.8) is 0 Å². The topological polar surface area (TPSA) is 93.2 Å². The van der Waals surface area contributed by atoms with E-state index >= 15 is 0 Å². The molecule has 7 nitrogen and oxygen atoms in total. The summed E-state index contributed by atoms with van der Waals surface area (Å²) in [6, 6.07) is 14.3. The van der Waals surface area contributed by atoms with E-state index in [9.17, 15) is 9.59 Å². The van der Waals surface area contributed by atoms with Gasteiger partial charge in [-0.25, -0.2) is 0 Å². The number of hydrogen-bond donors (Lipinski definition) is 2. The summed E-state index contributed by atoms with van der Waals surface area (Å²) in [7, 11) is 0. The Labute approximate surface area is 173 Å². The van der Waals surface area contributed by atoms with Gasteiger partial charge in [-0.1, -0.05) is 42.5 Å². The van der Waals surface area contributed by atoms with Gasteiger partial charge in [-0.2, -0.15) is 0 Å². The number of carbonyl (C=O) groups is 2. The fourth-order valence-electron chi connectivity index (χ4n) is 2.63. The minimum absolute atomic E-state index is 0.239. The van der Waals surface area contributed by atoms with Crippen LogP contribution in [0.25, 0.3) is 0 Å². The van der Waals surface area contributed by atoms with Crippen LogP contribution in [0.4, 0.5) is 5.69 Å². The van der Waals surface area contributed by atoms with Crippen molar-refractivity contribution in [1.82, 2.24) is 15.5 Å². The lowest BCUT2D eigenvalue weighted by Crippen LogP contribution is -2.23. The lowest BCUT2D eigenvalue weighted by atomic mass is 10.1. The molecule has 1 heterocycles. The molecule has 29 heavy (non-hydrogen) atoms. The number of nitrogens with one attached hydrogen (secondary N) is 2. The maximum atomic E-state index is 12.6. The zero-order chi connectivity index (χ0) is 20.6. The molecule has 1 aromatic heterocycles. The average Bonchev–Trinajstić information content (AvgIpc) is 3.23. The maximum Gasteiger partial charge on any atom is 0.286 e. The molecular weight excluding hydrogens is 388 g/mol. The number of hydrogen-bond acceptors (Lipinski definition) is 6. The molecule has 3 rings (SSSR count). The van der Waals surface area contributed by atoms with E-state index in [1.165, 1.54) is 11.3 Å². The fourth-order valence-corrected chi connectivity index (χ4v) is 3.31. The summed E-state index contributed by atoms with van der Waals surface area (Å²) in [6.07, 6.45) is 0.729. The van der Waals surface area contributed by atoms with Gasteiger partial charge in [-0.05, 0) is 37.6 Å². The first-order chi connectivity index (χ1) is 14.1. The number of aryl methyl sites for hydroxylation is 1. The minimum Gasteiger partial charge on any atom is -0.494 e. The van der Waals surface area contributed by atoms with E-state index in [1.54, 1.807) is 24.3 Å². The third-order valence-corrected chi connectivity index (χ3v) is 5.12. The molecule has 0 fully saturated rings. The number of nitrogens with zero attached hydrogens (tertiary/aromatic N) is 2. The summed E-state index contributed by atoms with van der Waals surface area (Å²) in [5.41, 5.74) is 1.86. The van der Waals surface area contributed by atoms with Crippen LogP contribution < -0.4 is 15.4 Å². The molecule has 0 saturated carbocycles. The van der Waals surface area contributed by atoms with Crippen LogP contribution in [0.15, 0.2) is 48.5 Å². The third-order valence-electron chi connectivity index (χ3n) is 4.06. The molecule has 0 atom stereocenters. The second-order valence-electron chi connectivity index (χ2n) is 6.11. The first-order valence-electron chi connectivity index (χ1n) is 9.33. The van der Waals surface area contributed by atoms with Crippen molar-refractivity contribution in [3.05, 3.63) is 69.7 Å². The Bertz CT molecular complexity index is 1000. The lowest BCUT2D eigenvalue weighted by molar-refractivity contribution is 0.0949. The number of ether oxygens (including phenoxy) is 1. The van der Waals surface area contributed by atoms with Gasteiger partial charge in [0, 0.05) is 23.4 Å². The molecule has 0 saturated heterocycles. The highest BCUT2D eigenvalue weighted by Gasteiger charge is 2.14. The largest absolute Gasteiger partial charge is 0.494 e. The first-order valence-corrected chi connectivity index (χ1v) is 10.1. The second-order valence-corrected chi connectivity index (χ2v) is 7.17. The van der Waals surface area contributed by atoms with Crippen molar-refractivity contribution in [3.8, 4) is 5.75 Å².